The monoisotopic (exact) mass is 222 g/mol. The Bertz CT molecular complexity index is 349. The first kappa shape index (κ1) is 11.1. The first-order valence-electron chi connectivity index (χ1n) is 5.18. The first-order valence-corrected chi connectivity index (χ1v) is 5.18. The molecular formula is C12H14O4. The summed E-state index contributed by atoms with van der Waals surface area (Å²) in [6, 6.07) is 9.81. The summed E-state index contributed by atoms with van der Waals surface area (Å²) < 4.78 is 15.5. The van der Waals surface area contributed by atoms with E-state index in [9.17, 15) is 4.79 Å². The molecule has 0 saturated carbocycles. The minimum Gasteiger partial charge on any atom is -0.469 e. The van der Waals surface area contributed by atoms with Crippen LogP contribution < -0.4 is 0 Å². The Morgan fingerprint density at radius 2 is 2.19 bits per heavy atom. The van der Waals surface area contributed by atoms with Crippen molar-refractivity contribution in [1.82, 2.24) is 0 Å². The van der Waals surface area contributed by atoms with Gasteiger partial charge >= 0.3 is 5.97 Å². The van der Waals surface area contributed by atoms with Crippen LogP contribution in [0.5, 0.6) is 0 Å². The lowest BCUT2D eigenvalue weighted by Crippen LogP contribution is -2.15. The van der Waals surface area contributed by atoms with Gasteiger partial charge in [-0.3, -0.25) is 4.79 Å². The molecular weight excluding hydrogens is 208 g/mol. The van der Waals surface area contributed by atoms with Crippen molar-refractivity contribution in [1.29, 1.82) is 0 Å². The molecule has 16 heavy (non-hydrogen) atoms. The summed E-state index contributed by atoms with van der Waals surface area (Å²) in [7, 11) is 1.35. The highest BCUT2D eigenvalue weighted by atomic mass is 16.7. The van der Waals surface area contributed by atoms with E-state index < -0.39 is 6.29 Å². The Morgan fingerprint density at radius 1 is 1.44 bits per heavy atom. The number of ether oxygens (including phenoxy) is 3. The van der Waals surface area contributed by atoms with Gasteiger partial charge in [0.25, 0.3) is 0 Å². The molecule has 0 radical (unpaired) electrons. The lowest BCUT2D eigenvalue weighted by Gasteiger charge is -2.10. The fourth-order valence-electron chi connectivity index (χ4n) is 1.63. The molecule has 86 valence electrons. The van der Waals surface area contributed by atoms with Gasteiger partial charge in [-0.25, -0.2) is 0 Å². The summed E-state index contributed by atoms with van der Waals surface area (Å²) in [5.74, 6) is -0.321. The third-order valence-electron chi connectivity index (χ3n) is 2.48. The molecule has 2 atom stereocenters. The van der Waals surface area contributed by atoms with Crippen LogP contribution in [0, 0.1) is 0 Å². The molecule has 4 nitrogen and oxygen atoms in total. The van der Waals surface area contributed by atoms with Crippen molar-refractivity contribution in [3.05, 3.63) is 35.9 Å². The molecule has 1 aliphatic heterocycles. The Hall–Kier alpha value is -1.39. The van der Waals surface area contributed by atoms with Crippen molar-refractivity contribution < 1.29 is 19.0 Å². The van der Waals surface area contributed by atoms with E-state index >= 15 is 0 Å². The van der Waals surface area contributed by atoms with Crippen molar-refractivity contribution in [2.24, 2.45) is 0 Å². The molecule has 1 aromatic rings. The van der Waals surface area contributed by atoms with E-state index in [1.807, 2.05) is 30.3 Å². The van der Waals surface area contributed by atoms with Crippen LogP contribution in [0.2, 0.25) is 0 Å². The van der Waals surface area contributed by atoms with Gasteiger partial charge in [0.2, 0.25) is 0 Å². The summed E-state index contributed by atoms with van der Waals surface area (Å²) in [5, 5.41) is 0. The molecule has 1 heterocycles. The summed E-state index contributed by atoms with van der Waals surface area (Å²) in [4.78, 5) is 11.0. The van der Waals surface area contributed by atoms with Crippen molar-refractivity contribution in [2.45, 2.75) is 18.8 Å². The average Bonchev–Trinajstić information content (AvgIpc) is 2.78. The fraction of sp³-hybridized carbons (Fsp3) is 0.417. The number of hydrogen-bond acceptors (Lipinski definition) is 4. The standard InChI is InChI=1S/C12H14O4/c1-14-11(13)7-12-15-8-10(16-12)9-5-3-2-4-6-9/h2-6,10,12H,7-8H2,1H3/t10-,12-/m1/s1. The van der Waals surface area contributed by atoms with Gasteiger partial charge in [-0.15, -0.1) is 0 Å². The molecule has 0 N–H and O–H groups in total. The summed E-state index contributed by atoms with van der Waals surface area (Å²) >= 11 is 0. The van der Waals surface area contributed by atoms with Crippen LogP contribution in [-0.4, -0.2) is 26.0 Å². The SMILES string of the molecule is COC(=O)C[C@@H]1OC[C@H](c2ccccc2)O1. The van der Waals surface area contributed by atoms with E-state index in [1.165, 1.54) is 7.11 Å². The Balaban J connectivity index is 1.91. The predicted molar refractivity (Wildman–Crippen MR) is 56.6 cm³/mol. The topological polar surface area (TPSA) is 44.8 Å². The molecule has 2 rings (SSSR count). The number of carbonyl (C=O) groups is 1. The van der Waals surface area contributed by atoms with Crippen LogP contribution in [0.3, 0.4) is 0 Å². The molecule has 0 amide bonds. The zero-order chi connectivity index (χ0) is 11.4. The number of hydrogen-bond donors (Lipinski definition) is 0. The van der Waals surface area contributed by atoms with E-state index in [1.54, 1.807) is 0 Å². The zero-order valence-corrected chi connectivity index (χ0v) is 9.09. The van der Waals surface area contributed by atoms with Gasteiger partial charge < -0.3 is 14.2 Å². The predicted octanol–water partition coefficient (Wildman–Crippen LogP) is 1.66. The van der Waals surface area contributed by atoms with E-state index in [4.69, 9.17) is 9.47 Å². The minimum atomic E-state index is -0.488. The largest absolute Gasteiger partial charge is 0.469 e. The Labute approximate surface area is 94.1 Å². The van der Waals surface area contributed by atoms with Crippen LogP contribution >= 0.6 is 0 Å². The van der Waals surface area contributed by atoms with Gasteiger partial charge in [0, 0.05) is 0 Å². The second kappa shape index (κ2) is 5.09. The third-order valence-corrected chi connectivity index (χ3v) is 2.48. The number of esters is 1. The van der Waals surface area contributed by atoms with Crippen molar-refractivity contribution in [2.75, 3.05) is 13.7 Å². The Kier molecular flexibility index (Phi) is 3.54. The lowest BCUT2D eigenvalue weighted by molar-refractivity contribution is -0.150. The maximum Gasteiger partial charge on any atom is 0.310 e. The number of methoxy groups -OCH3 is 1. The molecule has 0 spiro atoms. The molecule has 1 fully saturated rings. The molecule has 4 heteroatoms. The normalized spacial score (nSPS) is 24.3. The highest BCUT2D eigenvalue weighted by molar-refractivity contribution is 5.69. The molecule has 0 bridgehead atoms. The fourth-order valence-corrected chi connectivity index (χ4v) is 1.63. The molecule has 0 aliphatic carbocycles. The Morgan fingerprint density at radius 3 is 2.88 bits per heavy atom. The van der Waals surface area contributed by atoms with E-state index in [0.717, 1.165) is 5.56 Å². The minimum absolute atomic E-state index is 0.0872. The quantitative estimate of drug-likeness (QED) is 0.730. The van der Waals surface area contributed by atoms with Gasteiger partial charge in [-0.05, 0) is 5.56 Å². The maximum atomic E-state index is 11.0. The second-order valence-electron chi connectivity index (χ2n) is 3.58. The van der Waals surface area contributed by atoms with Crippen LogP contribution in [0.4, 0.5) is 0 Å². The third kappa shape index (κ3) is 2.59. The van der Waals surface area contributed by atoms with Gasteiger partial charge in [0.15, 0.2) is 6.29 Å². The number of rotatable bonds is 3. The highest BCUT2D eigenvalue weighted by Crippen LogP contribution is 2.27. The molecule has 0 unspecified atom stereocenters. The smallest absolute Gasteiger partial charge is 0.310 e. The van der Waals surface area contributed by atoms with Crippen molar-refractivity contribution in [3.8, 4) is 0 Å². The molecule has 1 aliphatic rings. The van der Waals surface area contributed by atoms with E-state index in [0.29, 0.717) is 6.61 Å². The van der Waals surface area contributed by atoms with Crippen LogP contribution in [0.25, 0.3) is 0 Å². The van der Waals surface area contributed by atoms with Gasteiger partial charge in [-0.2, -0.15) is 0 Å². The number of carbonyl (C=O) groups excluding carboxylic acids is 1. The van der Waals surface area contributed by atoms with Crippen LogP contribution in [0.1, 0.15) is 18.1 Å². The summed E-state index contributed by atoms with van der Waals surface area (Å²) in [6.07, 6.45) is -0.437. The van der Waals surface area contributed by atoms with Crippen molar-refractivity contribution in [3.63, 3.8) is 0 Å². The van der Waals surface area contributed by atoms with Gasteiger partial charge in [-0.1, -0.05) is 30.3 Å². The molecule has 1 saturated heterocycles. The summed E-state index contributed by atoms with van der Waals surface area (Å²) in [6.45, 7) is 0.478. The van der Waals surface area contributed by atoms with Crippen LogP contribution in [0.15, 0.2) is 30.3 Å². The highest BCUT2D eigenvalue weighted by Gasteiger charge is 2.29. The lowest BCUT2D eigenvalue weighted by atomic mass is 10.1. The van der Waals surface area contributed by atoms with Crippen LogP contribution in [-0.2, 0) is 19.0 Å². The van der Waals surface area contributed by atoms with E-state index in [-0.39, 0.29) is 18.5 Å². The maximum absolute atomic E-state index is 11.0. The van der Waals surface area contributed by atoms with Gasteiger partial charge in [0.05, 0.1) is 20.1 Å². The second-order valence-corrected chi connectivity index (χ2v) is 3.58. The van der Waals surface area contributed by atoms with E-state index in [2.05, 4.69) is 4.74 Å². The summed E-state index contributed by atoms with van der Waals surface area (Å²) in [5.41, 5.74) is 1.06. The average molecular weight is 222 g/mol. The number of benzene rings is 1. The zero-order valence-electron chi connectivity index (χ0n) is 9.09. The van der Waals surface area contributed by atoms with Crippen molar-refractivity contribution >= 4 is 5.97 Å². The van der Waals surface area contributed by atoms with Gasteiger partial charge in [0.1, 0.15) is 6.10 Å². The molecule has 0 aromatic heterocycles. The molecule has 1 aromatic carbocycles. The first-order chi connectivity index (χ1) is 7.79.